The highest BCUT2D eigenvalue weighted by atomic mass is 16.7. The Kier molecular flexibility index (Phi) is 8.84. The number of nitrogens with two attached hydrogens (primary N) is 1. The smallest absolute Gasteiger partial charge is 0.334 e. The van der Waals surface area contributed by atoms with E-state index in [1.54, 1.807) is 36.4 Å². The number of carbonyl (C=O) groups is 2. The van der Waals surface area contributed by atoms with Gasteiger partial charge in [-0.2, -0.15) is 5.11 Å². The van der Waals surface area contributed by atoms with E-state index in [0.717, 1.165) is 11.1 Å². The van der Waals surface area contributed by atoms with Gasteiger partial charge in [-0.3, -0.25) is 4.79 Å². The van der Waals surface area contributed by atoms with Crippen LogP contribution in [0, 0.1) is 6.92 Å². The van der Waals surface area contributed by atoms with Gasteiger partial charge in [-0.25, -0.2) is 20.6 Å². The number of hydrazine groups is 1. The molecule has 2 N–H and O–H groups in total. The summed E-state index contributed by atoms with van der Waals surface area (Å²) in [7, 11) is 0. The van der Waals surface area contributed by atoms with Crippen LogP contribution in [-0.2, 0) is 27.3 Å². The van der Waals surface area contributed by atoms with Crippen molar-refractivity contribution in [3.05, 3.63) is 83.2 Å². The lowest BCUT2D eigenvalue weighted by molar-refractivity contribution is -0.178. The van der Waals surface area contributed by atoms with Gasteiger partial charge >= 0.3 is 11.9 Å². The van der Waals surface area contributed by atoms with E-state index in [2.05, 4.69) is 31.2 Å². The molecule has 1 saturated heterocycles. The van der Waals surface area contributed by atoms with Crippen LogP contribution in [0.3, 0.4) is 0 Å². The second kappa shape index (κ2) is 12.7. The first-order valence-corrected chi connectivity index (χ1v) is 12.0. The van der Waals surface area contributed by atoms with Crippen LogP contribution in [0.25, 0.3) is 0 Å². The topological polar surface area (TPSA) is 136 Å². The van der Waals surface area contributed by atoms with Gasteiger partial charge in [0.1, 0.15) is 11.6 Å². The number of nitrogens with zero attached hydrogens (tertiary/aromatic N) is 6. The van der Waals surface area contributed by atoms with Crippen LogP contribution in [-0.4, -0.2) is 53.3 Å². The number of benzene rings is 2. The number of hydrogen-bond acceptors (Lipinski definition) is 10. The van der Waals surface area contributed by atoms with Crippen molar-refractivity contribution in [3.8, 4) is 0 Å². The molecular formula is C26H29N7O4. The molecule has 11 heteroatoms. The molecule has 1 fully saturated rings. The van der Waals surface area contributed by atoms with Gasteiger partial charge in [0.05, 0.1) is 26.2 Å². The molecule has 2 heterocycles. The van der Waals surface area contributed by atoms with Crippen molar-refractivity contribution in [2.24, 2.45) is 16.1 Å². The maximum Gasteiger partial charge on any atom is 0.334 e. The molecule has 192 valence electrons. The van der Waals surface area contributed by atoms with Crippen molar-refractivity contribution in [2.75, 3.05) is 31.2 Å². The van der Waals surface area contributed by atoms with Crippen molar-refractivity contribution in [3.63, 3.8) is 0 Å². The summed E-state index contributed by atoms with van der Waals surface area (Å²) in [5.41, 5.74) is 2.51. The fraction of sp³-hybridized carbons (Fsp3) is 0.308. The molecule has 0 radical (unpaired) electrons. The van der Waals surface area contributed by atoms with Crippen LogP contribution in [0.5, 0.6) is 0 Å². The van der Waals surface area contributed by atoms with E-state index in [1.807, 2.05) is 25.1 Å². The van der Waals surface area contributed by atoms with Crippen molar-refractivity contribution in [1.82, 2.24) is 15.1 Å². The molecule has 4 rings (SSSR count). The van der Waals surface area contributed by atoms with Crippen LogP contribution in [0.1, 0.15) is 33.7 Å². The molecule has 1 amide bonds. The number of ether oxygens (including phenoxy) is 1. The number of carbonyl (C=O) groups excluding carboxylic acids is 2. The summed E-state index contributed by atoms with van der Waals surface area (Å²) >= 11 is 0. The lowest BCUT2D eigenvalue weighted by atomic mass is 10.1. The predicted octanol–water partition coefficient (Wildman–Crippen LogP) is 3.31. The van der Waals surface area contributed by atoms with E-state index in [9.17, 15) is 9.59 Å². The first-order valence-electron chi connectivity index (χ1n) is 12.0. The van der Waals surface area contributed by atoms with E-state index in [4.69, 9.17) is 15.4 Å². The van der Waals surface area contributed by atoms with Crippen molar-refractivity contribution in [2.45, 2.75) is 26.3 Å². The quantitative estimate of drug-likeness (QED) is 0.214. The van der Waals surface area contributed by atoms with Gasteiger partial charge in [0.15, 0.2) is 5.82 Å². The van der Waals surface area contributed by atoms with E-state index in [0.29, 0.717) is 61.0 Å². The largest absolute Gasteiger partial charge is 0.378 e. The molecule has 1 aromatic heterocycles. The Balaban J connectivity index is 1.42. The number of hydroxylamine groups is 1. The minimum atomic E-state index is -0.685. The summed E-state index contributed by atoms with van der Waals surface area (Å²) in [5, 5.41) is 9.05. The first kappa shape index (κ1) is 25.9. The lowest BCUT2D eigenvalue weighted by Gasteiger charge is -2.28. The summed E-state index contributed by atoms with van der Waals surface area (Å²) in [4.78, 5) is 40.8. The van der Waals surface area contributed by atoms with Gasteiger partial charge in [0, 0.05) is 31.1 Å². The molecule has 0 spiro atoms. The summed E-state index contributed by atoms with van der Waals surface area (Å²) in [6.45, 7) is 5.00. The van der Waals surface area contributed by atoms with Crippen molar-refractivity contribution < 1.29 is 19.2 Å². The van der Waals surface area contributed by atoms with E-state index in [-0.39, 0.29) is 12.8 Å². The highest BCUT2D eigenvalue weighted by Crippen LogP contribution is 2.21. The van der Waals surface area contributed by atoms with E-state index >= 15 is 0 Å². The van der Waals surface area contributed by atoms with Gasteiger partial charge in [0.25, 0.3) is 0 Å². The molecule has 37 heavy (non-hydrogen) atoms. The summed E-state index contributed by atoms with van der Waals surface area (Å²) in [5.74, 6) is 5.81. The van der Waals surface area contributed by atoms with E-state index in [1.165, 1.54) is 0 Å². The predicted molar refractivity (Wildman–Crippen MR) is 136 cm³/mol. The lowest BCUT2D eigenvalue weighted by Crippen LogP contribution is -2.39. The number of rotatable bonds is 8. The zero-order chi connectivity index (χ0) is 26.0. The third-order valence-electron chi connectivity index (χ3n) is 5.56. The normalized spacial score (nSPS) is 13.5. The number of morpholine rings is 1. The number of amides is 1. The maximum atomic E-state index is 12.4. The molecule has 0 aliphatic carbocycles. The Labute approximate surface area is 214 Å². The standard InChI is InChI=1S/C26H29N7O4/c1-19-6-5-7-20(16-19)18-28-31-23-17-24(32-12-14-36-15-13-32)30-22(29-23)10-11-25(34)37-33(27)26(35)21-8-3-2-4-9-21/h2-9,16-17H,10-15,18,27H2,1H3. The number of aryl methyl sites for hydroxylation is 2. The van der Waals surface area contributed by atoms with Gasteiger partial charge in [-0.1, -0.05) is 53.2 Å². The highest BCUT2D eigenvalue weighted by molar-refractivity contribution is 5.93. The van der Waals surface area contributed by atoms with Gasteiger partial charge < -0.3 is 14.5 Å². The monoisotopic (exact) mass is 503 g/mol. The van der Waals surface area contributed by atoms with Crippen LogP contribution in [0.2, 0.25) is 0 Å². The molecule has 0 saturated carbocycles. The Morgan fingerprint density at radius 3 is 2.62 bits per heavy atom. The fourth-order valence-corrected chi connectivity index (χ4v) is 3.71. The average molecular weight is 504 g/mol. The molecule has 3 aromatic rings. The number of anilines is 1. The minimum Gasteiger partial charge on any atom is -0.378 e. The van der Waals surface area contributed by atoms with Gasteiger partial charge in [0.2, 0.25) is 0 Å². The molecule has 1 aliphatic rings. The van der Waals surface area contributed by atoms with Crippen LogP contribution >= 0.6 is 0 Å². The Morgan fingerprint density at radius 1 is 1.08 bits per heavy atom. The number of aromatic nitrogens is 2. The van der Waals surface area contributed by atoms with Crippen LogP contribution < -0.4 is 10.7 Å². The Hall–Kier alpha value is -4.22. The van der Waals surface area contributed by atoms with Gasteiger partial charge in [-0.15, -0.1) is 5.11 Å². The second-order valence-corrected chi connectivity index (χ2v) is 8.45. The first-order chi connectivity index (χ1) is 18.0. The van der Waals surface area contributed by atoms with Crippen molar-refractivity contribution in [1.29, 1.82) is 0 Å². The highest BCUT2D eigenvalue weighted by Gasteiger charge is 2.19. The molecule has 1 aliphatic heterocycles. The maximum absolute atomic E-state index is 12.4. The molecule has 2 aromatic carbocycles. The minimum absolute atomic E-state index is 0.0811. The van der Waals surface area contributed by atoms with Crippen LogP contribution in [0.15, 0.2) is 70.9 Å². The summed E-state index contributed by atoms with van der Waals surface area (Å²) in [6, 6.07) is 18.1. The van der Waals surface area contributed by atoms with E-state index < -0.39 is 11.9 Å². The zero-order valence-corrected chi connectivity index (χ0v) is 20.6. The van der Waals surface area contributed by atoms with Crippen LogP contribution in [0.4, 0.5) is 11.6 Å². The molecule has 0 bridgehead atoms. The molecular weight excluding hydrogens is 474 g/mol. The molecule has 0 atom stereocenters. The summed E-state index contributed by atoms with van der Waals surface area (Å²) < 4.78 is 5.44. The van der Waals surface area contributed by atoms with Gasteiger partial charge in [-0.05, 0) is 24.6 Å². The zero-order valence-electron chi connectivity index (χ0n) is 20.6. The van der Waals surface area contributed by atoms with Crippen molar-refractivity contribution >= 4 is 23.5 Å². The SMILES string of the molecule is Cc1cccc(CN=Nc2cc(N3CCOCC3)nc(CCC(=O)ON(N)C(=O)c3ccccc3)n2)c1. The number of hydrogen-bond donors (Lipinski definition) is 1. The second-order valence-electron chi connectivity index (χ2n) is 8.45. The third-order valence-corrected chi connectivity index (χ3v) is 5.56. The third kappa shape index (κ3) is 7.63. The average Bonchev–Trinajstić information content (AvgIpc) is 2.92. The fourth-order valence-electron chi connectivity index (χ4n) is 3.71. The Morgan fingerprint density at radius 2 is 1.86 bits per heavy atom. The number of azo groups is 1. The molecule has 0 unspecified atom stereocenters. The summed E-state index contributed by atoms with van der Waals surface area (Å²) in [6.07, 6.45) is 0.0903. The Bertz CT molecular complexity index is 1250. The molecule has 11 nitrogen and oxygen atoms in total.